The van der Waals surface area contributed by atoms with E-state index in [9.17, 15) is 4.79 Å². The Hall–Kier alpha value is -3.07. The van der Waals surface area contributed by atoms with Crippen LogP contribution < -0.4 is 14.8 Å². The molecule has 1 aliphatic heterocycles. The largest absolute Gasteiger partial charge is 0.486 e. The number of benzene rings is 1. The maximum atomic E-state index is 12.4. The first-order valence-electron chi connectivity index (χ1n) is 9.91. The van der Waals surface area contributed by atoms with Gasteiger partial charge in [0.1, 0.15) is 12.7 Å². The van der Waals surface area contributed by atoms with E-state index in [2.05, 4.69) is 25.1 Å². The fourth-order valence-electron chi connectivity index (χ4n) is 3.30. The summed E-state index contributed by atoms with van der Waals surface area (Å²) in [6.45, 7) is 0.804. The highest BCUT2D eigenvalue weighted by Gasteiger charge is 2.30. The summed E-state index contributed by atoms with van der Waals surface area (Å²) >= 11 is 1.40. The van der Waals surface area contributed by atoms with Crippen molar-refractivity contribution in [1.29, 1.82) is 0 Å². The van der Waals surface area contributed by atoms with E-state index in [0.29, 0.717) is 24.9 Å². The Morgan fingerprint density at radius 3 is 2.83 bits per heavy atom. The zero-order valence-corrected chi connectivity index (χ0v) is 17.0. The van der Waals surface area contributed by atoms with Crippen LogP contribution in [0.4, 0.5) is 0 Å². The van der Waals surface area contributed by atoms with Gasteiger partial charge in [0.2, 0.25) is 5.91 Å². The van der Waals surface area contributed by atoms with Crippen molar-refractivity contribution in [3.8, 4) is 22.9 Å². The lowest BCUT2D eigenvalue weighted by Gasteiger charge is -2.26. The van der Waals surface area contributed by atoms with Gasteiger partial charge in [-0.3, -0.25) is 14.3 Å². The van der Waals surface area contributed by atoms with Gasteiger partial charge >= 0.3 is 0 Å². The summed E-state index contributed by atoms with van der Waals surface area (Å²) in [6, 6.07) is 11.8. The zero-order valence-electron chi connectivity index (χ0n) is 16.2. The van der Waals surface area contributed by atoms with Gasteiger partial charge in [0.05, 0.1) is 12.3 Å². The minimum Gasteiger partial charge on any atom is -0.486 e. The van der Waals surface area contributed by atoms with Crippen LogP contribution in [0.5, 0.6) is 11.5 Å². The number of fused-ring (bicyclic) bond motifs is 1. The van der Waals surface area contributed by atoms with E-state index in [1.165, 1.54) is 11.8 Å². The van der Waals surface area contributed by atoms with Gasteiger partial charge < -0.3 is 14.8 Å². The molecule has 30 heavy (non-hydrogen) atoms. The smallest absolute Gasteiger partial charge is 0.230 e. The number of nitrogens with zero attached hydrogens (tertiary/aromatic N) is 4. The molecule has 3 heterocycles. The number of nitrogens with one attached hydrogen (secondary N) is 1. The van der Waals surface area contributed by atoms with Crippen molar-refractivity contribution in [2.24, 2.45) is 0 Å². The summed E-state index contributed by atoms with van der Waals surface area (Å²) in [5.41, 5.74) is 0.933. The predicted molar refractivity (Wildman–Crippen MR) is 112 cm³/mol. The molecule has 1 aromatic carbocycles. The van der Waals surface area contributed by atoms with Crippen LogP contribution in [0.3, 0.4) is 0 Å². The molecule has 9 heteroatoms. The van der Waals surface area contributed by atoms with Crippen LogP contribution in [0.2, 0.25) is 0 Å². The number of rotatable bonds is 7. The summed E-state index contributed by atoms with van der Waals surface area (Å²) in [6.07, 6.45) is 5.52. The van der Waals surface area contributed by atoms with E-state index in [4.69, 9.17) is 9.47 Å². The fraction of sp³-hybridized carbons (Fsp3) is 0.333. The molecule has 1 saturated carbocycles. The van der Waals surface area contributed by atoms with Gasteiger partial charge in [-0.2, -0.15) is 0 Å². The molecule has 1 aliphatic carbocycles. The van der Waals surface area contributed by atoms with Gasteiger partial charge in [0.15, 0.2) is 22.5 Å². The molecule has 0 unspecified atom stereocenters. The van der Waals surface area contributed by atoms with E-state index in [1.807, 2.05) is 36.4 Å². The molecule has 0 saturated heterocycles. The minimum atomic E-state index is -0.207. The van der Waals surface area contributed by atoms with Crippen molar-refractivity contribution >= 4 is 17.7 Å². The predicted octanol–water partition coefficient (Wildman–Crippen LogP) is 2.72. The molecule has 8 nitrogen and oxygen atoms in total. The monoisotopic (exact) mass is 423 g/mol. The van der Waals surface area contributed by atoms with Crippen molar-refractivity contribution in [2.45, 2.75) is 30.1 Å². The second kappa shape index (κ2) is 8.35. The molecule has 1 amide bonds. The lowest BCUT2D eigenvalue weighted by molar-refractivity contribution is -0.119. The number of amides is 1. The fourth-order valence-corrected chi connectivity index (χ4v) is 4.14. The lowest BCUT2D eigenvalue weighted by Crippen LogP contribution is -2.41. The van der Waals surface area contributed by atoms with E-state index in [1.54, 1.807) is 12.4 Å². The van der Waals surface area contributed by atoms with E-state index in [0.717, 1.165) is 35.1 Å². The average Bonchev–Trinajstić information content (AvgIpc) is 3.55. The van der Waals surface area contributed by atoms with E-state index in [-0.39, 0.29) is 17.8 Å². The van der Waals surface area contributed by atoms with Crippen molar-refractivity contribution in [2.75, 3.05) is 18.9 Å². The number of thioether (sulfide) groups is 1. The highest BCUT2D eigenvalue weighted by atomic mass is 32.2. The molecule has 0 radical (unpaired) electrons. The van der Waals surface area contributed by atoms with Crippen molar-refractivity contribution in [3.63, 3.8) is 0 Å². The third-order valence-electron chi connectivity index (χ3n) is 4.92. The average molecular weight is 423 g/mol. The van der Waals surface area contributed by atoms with E-state index >= 15 is 0 Å². The number of hydrogen-bond acceptors (Lipinski definition) is 7. The molecule has 1 N–H and O–H groups in total. The number of hydrogen-bond donors (Lipinski definition) is 1. The SMILES string of the molecule is O=C(CSc1nnc(-c2cccnc2)n1C1CC1)NC[C@@H]1COc2ccccc2O1. The second-order valence-electron chi connectivity index (χ2n) is 7.24. The Kier molecular flexibility index (Phi) is 5.27. The standard InChI is InChI=1S/C21H21N5O3S/c27-19(23-11-16-12-28-17-5-1-2-6-18(17)29-16)13-30-21-25-24-20(26(21)15-7-8-15)14-4-3-9-22-10-14/h1-6,9-10,15-16H,7-8,11-13H2,(H,23,27)/t16-/m1/s1. The molecular formula is C21H21N5O3S. The molecule has 5 rings (SSSR count). The second-order valence-corrected chi connectivity index (χ2v) is 8.18. The number of ether oxygens (including phenoxy) is 2. The number of aromatic nitrogens is 4. The summed E-state index contributed by atoms with van der Waals surface area (Å²) in [5, 5.41) is 12.4. The summed E-state index contributed by atoms with van der Waals surface area (Å²) in [5.74, 6) is 2.44. The maximum Gasteiger partial charge on any atom is 0.230 e. The summed E-state index contributed by atoms with van der Waals surface area (Å²) in [4.78, 5) is 16.6. The van der Waals surface area contributed by atoms with Gasteiger partial charge in [0.25, 0.3) is 0 Å². The van der Waals surface area contributed by atoms with Crippen molar-refractivity contribution in [1.82, 2.24) is 25.1 Å². The molecule has 3 aromatic rings. The third kappa shape index (κ3) is 4.11. The molecule has 154 valence electrons. The molecule has 0 spiro atoms. The summed E-state index contributed by atoms with van der Waals surface area (Å²) in [7, 11) is 0. The Morgan fingerprint density at radius 1 is 1.17 bits per heavy atom. The van der Waals surface area contributed by atoms with Crippen molar-refractivity contribution in [3.05, 3.63) is 48.8 Å². The Bertz CT molecular complexity index is 1040. The molecule has 2 aromatic heterocycles. The van der Waals surface area contributed by atoms with Crippen molar-refractivity contribution < 1.29 is 14.3 Å². The van der Waals surface area contributed by atoms with Gasteiger partial charge in [0, 0.05) is 24.0 Å². The highest BCUT2D eigenvalue weighted by Crippen LogP contribution is 2.40. The minimum absolute atomic E-state index is 0.0734. The van der Waals surface area contributed by atoms with E-state index < -0.39 is 0 Å². The van der Waals surface area contributed by atoms with Crippen LogP contribution in [-0.2, 0) is 4.79 Å². The first-order chi connectivity index (χ1) is 14.8. The van der Waals surface area contributed by atoms with Gasteiger partial charge in [-0.1, -0.05) is 23.9 Å². The first kappa shape index (κ1) is 18.9. The molecule has 2 aliphatic rings. The van der Waals surface area contributed by atoms with Crippen LogP contribution in [0.25, 0.3) is 11.4 Å². The number of carbonyl (C=O) groups excluding carboxylic acids is 1. The van der Waals surface area contributed by atoms with Gasteiger partial charge in [-0.05, 0) is 37.1 Å². The molecule has 1 fully saturated rings. The first-order valence-corrected chi connectivity index (χ1v) is 10.9. The van der Waals surface area contributed by atoms with Crippen LogP contribution >= 0.6 is 11.8 Å². The van der Waals surface area contributed by atoms with Crippen LogP contribution in [-0.4, -0.2) is 50.7 Å². The highest BCUT2D eigenvalue weighted by molar-refractivity contribution is 7.99. The lowest BCUT2D eigenvalue weighted by atomic mass is 10.2. The Balaban J connectivity index is 1.17. The van der Waals surface area contributed by atoms with Crippen LogP contribution in [0, 0.1) is 0 Å². The Labute approximate surface area is 178 Å². The van der Waals surface area contributed by atoms with Crippen LogP contribution in [0.1, 0.15) is 18.9 Å². The third-order valence-corrected chi connectivity index (χ3v) is 5.87. The zero-order chi connectivity index (χ0) is 20.3. The molecule has 1 atom stereocenters. The Morgan fingerprint density at radius 2 is 2.03 bits per heavy atom. The number of carbonyl (C=O) groups is 1. The van der Waals surface area contributed by atoms with Crippen LogP contribution in [0.15, 0.2) is 53.9 Å². The topological polar surface area (TPSA) is 91.2 Å². The molecular weight excluding hydrogens is 402 g/mol. The quantitative estimate of drug-likeness (QED) is 0.584. The van der Waals surface area contributed by atoms with Gasteiger partial charge in [-0.15, -0.1) is 10.2 Å². The summed E-state index contributed by atoms with van der Waals surface area (Å²) < 4.78 is 13.7. The number of para-hydroxylation sites is 2. The molecule has 0 bridgehead atoms. The normalized spacial score (nSPS) is 17.5. The number of pyridine rings is 1. The van der Waals surface area contributed by atoms with Gasteiger partial charge in [-0.25, -0.2) is 0 Å². The maximum absolute atomic E-state index is 12.4.